The van der Waals surface area contributed by atoms with Crippen molar-refractivity contribution in [1.29, 1.82) is 0 Å². The average Bonchev–Trinajstić information content (AvgIpc) is 3.20. The van der Waals surface area contributed by atoms with Crippen LogP contribution in [0.5, 0.6) is 5.75 Å². The molecule has 1 unspecified atom stereocenters. The fourth-order valence-electron chi connectivity index (χ4n) is 4.53. The first-order chi connectivity index (χ1) is 13.6. The van der Waals surface area contributed by atoms with Gasteiger partial charge in [-0.3, -0.25) is 0 Å². The molecule has 1 N–H and O–H groups in total. The summed E-state index contributed by atoms with van der Waals surface area (Å²) in [7, 11) is 1.78. The number of nitrogens with zero attached hydrogens (tertiary/aromatic N) is 1. The van der Waals surface area contributed by atoms with Crippen LogP contribution in [0.15, 0.2) is 30.3 Å². The van der Waals surface area contributed by atoms with Gasteiger partial charge in [0.25, 0.3) is 0 Å². The highest BCUT2D eigenvalue weighted by Gasteiger charge is 2.22. The lowest BCUT2D eigenvalue weighted by atomic mass is 9.90. The molecule has 0 spiro atoms. The van der Waals surface area contributed by atoms with Crippen LogP contribution in [0.25, 0.3) is 11.1 Å². The van der Waals surface area contributed by atoms with Gasteiger partial charge in [-0.2, -0.15) is 0 Å². The highest BCUT2D eigenvalue weighted by atomic mass is 32.2. The molecule has 3 nitrogen and oxygen atoms in total. The molecule has 1 atom stereocenters. The normalized spacial score (nSPS) is 19.2. The number of nitrogens with one attached hydrogen (secondary N) is 1. The summed E-state index contributed by atoms with van der Waals surface area (Å²) in [6.07, 6.45) is 3.51. The van der Waals surface area contributed by atoms with E-state index in [2.05, 4.69) is 61.3 Å². The second-order valence-electron chi connectivity index (χ2n) is 8.31. The summed E-state index contributed by atoms with van der Waals surface area (Å²) in [5, 5.41) is 4.12. The second kappa shape index (κ2) is 8.38. The zero-order valence-corrected chi connectivity index (χ0v) is 18.4. The van der Waals surface area contributed by atoms with Gasteiger partial charge in [0.1, 0.15) is 5.75 Å². The molecule has 2 aliphatic rings. The molecule has 4 heteroatoms. The molecule has 2 aliphatic heterocycles. The molecule has 0 radical (unpaired) electrons. The van der Waals surface area contributed by atoms with Crippen molar-refractivity contribution in [1.82, 2.24) is 5.32 Å². The summed E-state index contributed by atoms with van der Waals surface area (Å²) in [4.78, 5) is 2.55. The van der Waals surface area contributed by atoms with E-state index in [0.717, 1.165) is 37.6 Å². The molecule has 28 heavy (non-hydrogen) atoms. The monoisotopic (exact) mass is 396 g/mol. The molecule has 2 aromatic carbocycles. The maximum absolute atomic E-state index is 5.76. The van der Waals surface area contributed by atoms with E-state index in [1.54, 1.807) is 7.11 Å². The molecule has 0 amide bonds. The van der Waals surface area contributed by atoms with Crippen LogP contribution in [-0.2, 0) is 12.8 Å². The Bertz CT molecular complexity index is 843. The lowest BCUT2D eigenvalue weighted by Crippen LogP contribution is -2.35. The Morgan fingerprint density at radius 1 is 1.21 bits per heavy atom. The Morgan fingerprint density at radius 3 is 2.79 bits per heavy atom. The fourth-order valence-corrected chi connectivity index (χ4v) is 5.55. The minimum Gasteiger partial charge on any atom is -0.496 e. The number of anilines is 1. The van der Waals surface area contributed by atoms with E-state index in [0.29, 0.717) is 11.3 Å². The van der Waals surface area contributed by atoms with Gasteiger partial charge in [0.05, 0.1) is 7.11 Å². The topological polar surface area (TPSA) is 24.5 Å². The number of thioether (sulfide) groups is 1. The van der Waals surface area contributed by atoms with Gasteiger partial charge in [0, 0.05) is 41.5 Å². The smallest absolute Gasteiger partial charge is 0.126 e. The number of hydrogen-bond acceptors (Lipinski definition) is 4. The van der Waals surface area contributed by atoms with Gasteiger partial charge in [-0.15, -0.1) is 11.8 Å². The molecule has 4 rings (SSSR count). The summed E-state index contributed by atoms with van der Waals surface area (Å²) < 4.78 is 5.76. The largest absolute Gasteiger partial charge is 0.496 e. The van der Waals surface area contributed by atoms with Crippen LogP contribution in [0.3, 0.4) is 0 Å². The zero-order chi connectivity index (χ0) is 19.7. The van der Waals surface area contributed by atoms with Crippen molar-refractivity contribution in [3.05, 3.63) is 47.0 Å². The van der Waals surface area contributed by atoms with E-state index >= 15 is 0 Å². The minimum absolute atomic E-state index is 0.541. The molecular formula is C24H32N2OS. The predicted octanol–water partition coefficient (Wildman–Crippen LogP) is 5.04. The van der Waals surface area contributed by atoms with Crippen LogP contribution >= 0.6 is 11.8 Å². The van der Waals surface area contributed by atoms with Gasteiger partial charge < -0.3 is 15.0 Å². The lowest BCUT2D eigenvalue weighted by Gasteiger charge is -2.35. The third-order valence-corrected chi connectivity index (χ3v) is 7.19. The van der Waals surface area contributed by atoms with Gasteiger partial charge in [-0.05, 0) is 86.6 Å². The summed E-state index contributed by atoms with van der Waals surface area (Å²) in [6.45, 7) is 9.09. The maximum atomic E-state index is 5.76. The van der Waals surface area contributed by atoms with Crippen molar-refractivity contribution in [2.24, 2.45) is 0 Å². The third kappa shape index (κ3) is 3.90. The summed E-state index contributed by atoms with van der Waals surface area (Å²) in [6, 6.07) is 12.1. The summed E-state index contributed by atoms with van der Waals surface area (Å²) in [5.74, 6) is 2.05. The molecule has 150 valence electrons. The van der Waals surface area contributed by atoms with Crippen molar-refractivity contribution in [2.75, 3.05) is 31.0 Å². The third-order valence-electron chi connectivity index (χ3n) is 6.01. The molecule has 0 aromatic heterocycles. The van der Waals surface area contributed by atoms with Gasteiger partial charge in [0.15, 0.2) is 0 Å². The van der Waals surface area contributed by atoms with E-state index < -0.39 is 0 Å². The van der Waals surface area contributed by atoms with Crippen LogP contribution in [0.1, 0.15) is 37.0 Å². The van der Waals surface area contributed by atoms with Crippen molar-refractivity contribution >= 4 is 17.4 Å². The molecule has 2 heterocycles. The number of benzene rings is 2. The molecule has 1 fully saturated rings. The van der Waals surface area contributed by atoms with Gasteiger partial charge in [-0.25, -0.2) is 0 Å². The Labute approximate surface area is 173 Å². The lowest BCUT2D eigenvalue weighted by molar-refractivity contribution is 0.416. The number of methoxy groups -OCH3 is 1. The van der Waals surface area contributed by atoms with Crippen molar-refractivity contribution < 1.29 is 4.74 Å². The van der Waals surface area contributed by atoms with Crippen LogP contribution < -0.4 is 15.0 Å². The zero-order valence-electron chi connectivity index (χ0n) is 17.5. The van der Waals surface area contributed by atoms with Gasteiger partial charge in [0.2, 0.25) is 0 Å². The van der Waals surface area contributed by atoms with Crippen molar-refractivity contribution in [2.45, 2.75) is 51.3 Å². The van der Waals surface area contributed by atoms with Crippen LogP contribution in [-0.4, -0.2) is 37.4 Å². The first kappa shape index (κ1) is 19.7. The van der Waals surface area contributed by atoms with Gasteiger partial charge >= 0.3 is 0 Å². The number of rotatable bonds is 5. The predicted molar refractivity (Wildman–Crippen MR) is 122 cm³/mol. The molecular weight excluding hydrogens is 364 g/mol. The minimum atomic E-state index is 0.541. The number of hydrogen-bond donors (Lipinski definition) is 1. The average molecular weight is 397 g/mol. The second-order valence-corrected chi connectivity index (χ2v) is 9.60. The van der Waals surface area contributed by atoms with Crippen LogP contribution in [0.2, 0.25) is 0 Å². The van der Waals surface area contributed by atoms with E-state index in [1.165, 1.54) is 39.9 Å². The molecule has 0 bridgehead atoms. The molecule has 0 aliphatic carbocycles. The quantitative estimate of drug-likeness (QED) is 0.765. The van der Waals surface area contributed by atoms with Crippen molar-refractivity contribution in [3.8, 4) is 16.9 Å². The highest BCUT2D eigenvalue weighted by molar-refractivity contribution is 8.00. The Kier molecular flexibility index (Phi) is 5.88. The number of ether oxygens (including phenoxy) is 1. The first-order valence-electron chi connectivity index (χ1n) is 10.5. The Morgan fingerprint density at radius 2 is 2.07 bits per heavy atom. The highest BCUT2D eigenvalue weighted by Crippen LogP contribution is 2.39. The molecule has 1 saturated heterocycles. The maximum Gasteiger partial charge on any atom is 0.126 e. The Hall–Kier alpha value is -1.65. The standard InChI is InChI=1S/C24H32N2OS/c1-16(2)26-9-5-6-19-13-21(17(3)10-23(19)26)22-12-18(7-8-24(22)27-4)11-20-14-25-15-28-20/h7-8,10,12-13,16,20,25H,5-6,9,11,14-15H2,1-4H3. The van der Waals surface area contributed by atoms with E-state index in [9.17, 15) is 0 Å². The summed E-state index contributed by atoms with van der Waals surface area (Å²) in [5.41, 5.74) is 8.18. The first-order valence-corrected chi connectivity index (χ1v) is 11.5. The SMILES string of the molecule is COc1ccc(CC2CNCS2)cc1-c1cc2c(cc1C)N(C(C)C)CCC2. The van der Waals surface area contributed by atoms with Crippen molar-refractivity contribution in [3.63, 3.8) is 0 Å². The molecule has 2 aromatic rings. The van der Waals surface area contributed by atoms with Gasteiger partial charge in [-0.1, -0.05) is 6.07 Å². The van der Waals surface area contributed by atoms with Crippen LogP contribution in [0, 0.1) is 6.92 Å². The van der Waals surface area contributed by atoms with Crippen LogP contribution in [0.4, 0.5) is 5.69 Å². The summed E-state index contributed by atoms with van der Waals surface area (Å²) >= 11 is 2.03. The van der Waals surface area contributed by atoms with E-state index in [-0.39, 0.29) is 0 Å². The number of fused-ring (bicyclic) bond motifs is 1. The van der Waals surface area contributed by atoms with E-state index in [1.807, 2.05) is 11.8 Å². The Balaban J connectivity index is 1.73. The number of aryl methyl sites for hydroxylation is 2. The fraction of sp³-hybridized carbons (Fsp3) is 0.500. The van der Waals surface area contributed by atoms with E-state index in [4.69, 9.17) is 4.74 Å². The molecule has 0 saturated carbocycles.